The first-order chi connectivity index (χ1) is 21.2. The zero-order valence-electron chi connectivity index (χ0n) is 25.0. The quantitative estimate of drug-likeness (QED) is 0.219. The second-order valence-electron chi connectivity index (χ2n) is 11.4. The molecule has 1 aliphatic heterocycles. The Bertz CT molecular complexity index is 1780. The van der Waals surface area contributed by atoms with Crippen molar-refractivity contribution in [2.45, 2.75) is 36.0 Å². The van der Waals surface area contributed by atoms with Crippen LogP contribution in [0.4, 0.5) is 0 Å². The van der Waals surface area contributed by atoms with Gasteiger partial charge >= 0.3 is 0 Å². The number of fused-ring (bicyclic) bond motifs is 1. The number of piperidine rings is 1. The number of nitriles is 1. The molecule has 0 spiro atoms. The summed E-state index contributed by atoms with van der Waals surface area (Å²) in [4.78, 5) is 18.3. The molecule has 0 aliphatic carbocycles. The molecular formula is C35H37ClN4O3S. The first-order valence-electron chi connectivity index (χ1n) is 14.9. The van der Waals surface area contributed by atoms with Gasteiger partial charge in [0.25, 0.3) is 5.91 Å². The van der Waals surface area contributed by atoms with Crippen LogP contribution < -0.4 is 4.72 Å². The number of benzene rings is 4. The van der Waals surface area contributed by atoms with Crippen LogP contribution in [-0.4, -0.2) is 64.4 Å². The number of carbonyl (C=O) groups excluding carboxylic acids is 1. The average molecular weight is 629 g/mol. The van der Waals surface area contributed by atoms with Gasteiger partial charge in [-0.15, -0.1) is 0 Å². The minimum atomic E-state index is -3.52. The number of likely N-dealkylation sites (tertiary alicyclic amines) is 1. The van der Waals surface area contributed by atoms with E-state index in [0.717, 1.165) is 60.8 Å². The molecule has 1 fully saturated rings. The summed E-state index contributed by atoms with van der Waals surface area (Å²) >= 11 is 6.21. The van der Waals surface area contributed by atoms with Crippen LogP contribution in [0.3, 0.4) is 0 Å². The first-order valence-corrected chi connectivity index (χ1v) is 16.7. The summed E-state index contributed by atoms with van der Waals surface area (Å²) in [5.41, 5.74) is 2.99. The molecule has 0 saturated carbocycles. The summed E-state index contributed by atoms with van der Waals surface area (Å²) in [5, 5.41) is 11.9. The molecule has 228 valence electrons. The fraction of sp³-hybridized carbons (Fsp3) is 0.314. The van der Waals surface area contributed by atoms with Gasteiger partial charge in [0.05, 0.1) is 16.5 Å². The lowest BCUT2D eigenvalue weighted by Crippen LogP contribution is -2.36. The van der Waals surface area contributed by atoms with Gasteiger partial charge in [-0.05, 0) is 104 Å². The molecule has 1 heterocycles. The van der Waals surface area contributed by atoms with Gasteiger partial charge in [0.2, 0.25) is 10.0 Å². The molecule has 4 aromatic carbocycles. The fourth-order valence-electron chi connectivity index (χ4n) is 6.25. The molecule has 1 aliphatic rings. The minimum absolute atomic E-state index is 0.0749. The molecule has 5 rings (SSSR count). The summed E-state index contributed by atoms with van der Waals surface area (Å²) < 4.78 is 27.7. The number of sulfonamides is 1. The van der Waals surface area contributed by atoms with E-state index in [0.29, 0.717) is 27.6 Å². The molecule has 1 atom stereocenters. The molecule has 44 heavy (non-hydrogen) atoms. The van der Waals surface area contributed by atoms with Crippen LogP contribution >= 0.6 is 11.6 Å². The van der Waals surface area contributed by atoms with E-state index in [2.05, 4.69) is 15.7 Å². The number of hydrogen-bond acceptors (Lipinski definition) is 5. The molecule has 4 aromatic rings. The van der Waals surface area contributed by atoms with Crippen molar-refractivity contribution in [1.29, 1.82) is 5.26 Å². The van der Waals surface area contributed by atoms with Gasteiger partial charge in [0, 0.05) is 30.1 Å². The third kappa shape index (κ3) is 7.14. The molecule has 0 bridgehead atoms. The number of likely N-dealkylation sites (N-methyl/N-ethyl adjacent to an activating group) is 1. The van der Waals surface area contributed by atoms with Crippen LogP contribution in [0.1, 0.15) is 58.1 Å². The van der Waals surface area contributed by atoms with Crippen molar-refractivity contribution >= 4 is 38.3 Å². The molecule has 0 radical (unpaired) electrons. The lowest BCUT2D eigenvalue weighted by Gasteiger charge is -2.34. The highest BCUT2D eigenvalue weighted by molar-refractivity contribution is 7.89. The zero-order valence-corrected chi connectivity index (χ0v) is 26.6. The number of nitrogens with one attached hydrogen (secondary N) is 1. The predicted molar refractivity (Wildman–Crippen MR) is 176 cm³/mol. The highest BCUT2D eigenvalue weighted by Gasteiger charge is 2.27. The van der Waals surface area contributed by atoms with Gasteiger partial charge < -0.3 is 9.80 Å². The van der Waals surface area contributed by atoms with Crippen molar-refractivity contribution in [2.75, 3.05) is 40.3 Å². The summed E-state index contributed by atoms with van der Waals surface area (Å²) in [6.07, 6.45) is 2.60. The molecule has 0 aromatic heterocycles. The van der Waals surface area contributed by atoms with Crippen molar-refractivity contribution in [1.82, 2.24) is 14.5 Å². The third-order valence-electron chi connectivity index (χ3n) is 8.70. The maximum atomic E-state index is 13.8. The molecule has 1 amide bonds. The van der Waals surface area contributed by atoms with E-state index >= 15 is 0 Å². The van der Waals surface area contributed by atoms with Crippen LogP contribution in [0.15, 0.2) is 89.8 Å². The van der Waals surface area contributed by atoms with Crippen LogP contribution in [0.25, 0.3) is 10.8 Å². The van der Waals surface area contributed by atoms with E-state index in [9.17, 15) is 18.5 Å². The number of carbonyl (C=O) groups is 1. The zero-order chi connectivity index (χ0) is 31.3. The standard InChI is InChI=1S/C35H37ClN4O3S/c1-38-44(42,43)34-10-6-5-9-32(34)27-15-18-40(19-16-27)20-17-29(26-11-13-30(36)14-12-26)24-39(2)35(41)33-22-25(23-37)21-28-7-3-4-8-31(28)33/h3-14,21-22,27,29,38H,15-20,24H2,1-2H3/t29-/m1/s1. The smallest absolute Gasteiger partial charge is 0.254 e. The van der Waals surface area contributed by atoms with Crippen molar-refractivity contribution < 1.29 is 13.2 Å². The summed E-state index contributed by atoms with van der Waals surface area (Å²) in [7, 11) is -0.255. The topological polar surface area (TPSA) is 93.5 Å². The van der Waals surface area contributed by atoms with Gasteiger partial charge in [-0.1, -0.05) is 66.2 Å². The number of halogens is 1. The van der Waals surface area contributed by atoms with Crippen molar-refractivity contribution in [3.63, 3.8) is 0 Å². The molecule has 1 saturated heterocycles. The number of nitrogens with zero attached hydrogens (tertiary/aromatic N) is 3. The van der Waals surface area contributed by atoms with E-state index in [1.165, 1.54) is 7.05 Å². The van der Waals surface area contributed by atoms with Crippen LogP contribution in [0.5, 0.6) is 0 Å². The van der Waals surface area contributed by atoms with Gasteiger partial charge in [-0.2, -0.15) is 5.26 Å². The van der Waals surface area contributed by atoms with E-state index in [-0.39, 0.29) is 17.7 Å². The van der Waals surface area contributed by atoms with E-state index in [4.69, 9.17) is 11.6 Å². The predicted octanol–water partition coefficient (Wildman–Crippen LogP) is 6.40. The molecule has 9 heteroatoms. The van der Waals surface area contributed by atoms with E-state index in [1.807, 2.05) is 73.8 Å². The maximum Gasteiger partial charge on any atom is 0.254 e. The van der Waals surface area contributed by atoms with Crippen LogP contribution in [-0.2, 0) is 10.0 Å². The van der Waals surface area contributed by atoms with Gasteiger partial charge in [-0.25, -0.2) is 13.1 Å². The van der Waals surface area contributed by atoms with Crippen molar-refractivity contribution in [3.8, 4) is 6.07 Å². The Hall–Kier alpha value is -3.74. The second kappa shape index (κ2) is 13.9. The summed E-state index contributed by atoms with van der Waals surface area (Å²) in [5.74, 6) is 0.138. The van der Waals surface area contributed by atoms with Gasteiger partial charge in [0.1, 0.15) is 0 Å². The van der Waals surface area contributed by atoms with Crippen molar-refractivity contribution in [3.05, 3.63) is 112 Å². The number of rotatable bonds is 10. The second-order valence-corrected chi connectivity index (χ2v) is 13.7. The van der Waals surface area contributed by atoms with Gasteiger partial charge in [-0.3, -0.25) is 4.79 Å². The number of amides is 1. The minimum Gasteiger partial charge on any atom is -0.341 e. The van der Waals surface area contributed by atoms with Crippen LogP contribution in [0, 0.1) is 11.3 Å². The average Bonchev–Trinajstić information content (AvgIpc) is 3.06. The van der Waals surface area contributed by atoms with E-state index in [1.54, 1.807) is 23.1 Å². The summed E-state index contributed by atoms with van der Waals surface area (Å²) in [6, 6.07) is 28.5. The largest absolute Gasteiger partial charge is 0.341 e. The van der Waals surface area contributed by atoms with Crippen LogP contribution in [0.2, 0.25) is 5.02 Å². The third-order valence-corrected chi connectivity index (χ3v) is 10.4. The fourth-order valence-corrected chi connectivity index (χ4v) is 7.40. The molecule has 7 nitrogen and oxygen atoms in total. The SMILES string of the molecule is CNS(=O)(=O)c1ccccc1C1CCN(CC[C@H](CN(C)C(=O)c2cc(C#N)cc3ccccc23)c2ccc(Cl)cc2)CC1. The van der Waals surface area contributed by atoms with E-state index < -0.39 is 10.0 Å². The molecular weight excluding hydrogens is 592 g/mol. The Kier molecular flexibility index (Phi) is 10.0. The Morgan fingerprint density at radius 1 is 1.05 bits per heavy atom. The normalized spacial score (nSPS) is 15.1. The molecule has 1 N–H and O–H groups in total. The van der Waals surface area contributed by atoms with Crippen molar-refractivity contribution in [2.24, 2.45) is 0 Å². The monoisotopic (exact) mass is 628 g/mol. The highest BCUT2D eigenvalue weighted by Crippen LogP contribution is 2.33. The lowest BCUT2D eigenvalue weighted by atomic mass is 9.88. The Morgan fingerprint density at radius 3 is 2.43 bits per heavy atom. The molecule has 0 unspecified atom stereocenters. The Morgan fingerprint density at radius 2 is 1.73 bits per heavy atom. The highest BCUT2D eigenvalue weighted by atomic mass is 35.5. The first kappa shape index (κ1) is 31.7. The van der Waals surface area contributed by atoms with Gasteiger partial charge in [0.15, 0.2) is 0 Å². The number of hydrogen-bond donors (Lipinski definition) is 1. The summed E-state index contributed by atoms with van der Waals surface area (Å²) in [6.45, 7) is 3.10. The Balaban J connectivity index is 1.29. The lowest BCUT2D eigenvalue weighted by molar-refractivity contribution is 0.0783. The Labute approximate surface area is 265 Å². The maximum absolute atomic E-state index is 13.8.